The van der Waals surface area contributed by atoms with Gasteiger partial charge in [0.25, 0.3) is 0 Å². The highest BCUT2D eigenvalue weighted by atomic mass is 16.5. The molecule has 3 rings (SSSR count). The van der Waals surface area contributed by atoms with Gasteiger partial charge in [-0.25, -0.2) is 0 Å². The van der Waals surface area contributed by atoms with Crippen LogP contribution in [0, 0.1) is 5.92 Å². The van der Waals surface area contributed by atoms with Gasteiger partial charge in [0.2, 0.25) is 5.88 Å². The van der Waals surface area contributed by atoms with E-state index in [1.54, 1.807) is 7.11 Å². The van der Waals surface area contributed by atoms with Gasteiger partial charge in [-0.2, -0.15) is 4.98 Å². The van der Waals surface area contributed by atoms with Crippen LogP contribution in [-0.4, -0.2) is 37.9 Å². The molecule has 1 aliphatic heterocycles. The summed E-state index contributed by atoms with van der Waals surface area (Å²) in [4.78, 5) is 6.84. The van der Waals surface area contributed by atoms with Gasteiger partial charge in [0.1, 0.15) is 5.82 Å². The lowest BCUT2D eigenvalue weighted by atomic mass is 10.1. The highest BCUT2D eigenvalue weighted by Gasteiger charge is 2.24. The number of pyridine rings is 1. The number of anilines is 2. The first-order chi connectivity index (χ1) is 9.76. The van der Waals surface area contributed by atoms with Gasteiger partial charge in [0.05, 0.1) is 18.4 Å². The zero-order valence-corrected chi connectivity index (χ0v) is 12.0. The van der Waals surface area contributed by atoms with Gasteiger partial charge >= 0.3 is 0 Å². The van der Waals surface area contributed by atoms with Gasteiger partial charge in [-0.05, 0) is 43.7 Å². The van der Waals surface area contributed by atoms with Gasteiger partial charge < -0.3 is 20.1 Å². The molecule has 1 aliphatic carbocycles. The van der Waals surface area contributed by atoms with Crippen LogP contribution >= 0.6 is 0 Å². The molecule has 0 spiro atoms. The van der Waals surface area contributed by atoms with E-state index < -0.39 is 0 Å². The monoisotopic (exact) mass is 277 g/mol. The Morgan fingerprint density at radius 3 is 2.95 bits per heavy atom. The fourth-order valence-corrected chi connectivity index (χ4v) is 2.55. The van der Waals surface area contributed by atoms with Crippen LogP contribution in [0.25, 0.3) is 0 Å². The first kappa shape index (κ1) is 13.5. The molecule has 2 N–H and O–H groups in total. The average molecular weight is 277 g/mol. The third-order valence-electron chi connectivity index (χ3n) is 4.06. The minimum absolute atomic E-state index is 0.291. The normalized spacial score (nSPS) is 22.9. The number of nitrogens with zero attached hydrogens (tertiary/aromatic N) is 2. The van der Waals surface area contributed by atoms with Crippen molar-refractivity contribution >= 4 is 11.5 Å². The van der Waals surface area contributed by atoms with Crippen molar-refractivity contribution in [2.75, 3.05) is 37.4 Å². The number of rotatable bonds is 5. The minimum atomic E-state index is 0.291. The Morgan fingerprint density at radius 2 is 2.20 bits per heavy atom. The van der Waals surface area contributed by atoms with E-state index in [4.69, 9.17) is 15.2 Å². The molecule has 0 aromatic carbocycles. The van der Waals surface area contributed by atoms with Crippen LogP contribution < -0.4 is 15.4 Å². The lowest BCUT2D eigenvalue weighted by Crippen LogP contribution is -2.39. The predicted octanol–water partition coefficient (Wildman–Crippen LogP) is 2.07. The first-order valence-electron chi connectivity index (χ1n) is 7.43. The second-order valence-corrected chi connectivity index (χ2v) is 5.76. The van der Waals surface area contributed by atoms with E-state index in [1.165, 1.54) is 12.8 Å². The lowest BCUT2D eigenvalue weighted by molar-refractivity contribution is 0.0891. The number of aromatic nitrogens is 1. The van der Waals surface area contributed by atoms with Gasteiger partial charge in [-0.3, -0.25) is 0 Å². The summed E-state index contributed by atoms with van der Waals surface area (Å²) < 4.78 is 11.2. The van der Waals surface area contributed by atoms with Gasteiger partial charge in [-0.1, -0.05) is 0 Å². The van der Waals surface area contributed by atoms with Crippen LogP contribution in [0.4, 0.5) is 11.5 Å². The van der Waals surface area contributed by atoms with E-state index in [0.717, 1.165) is 38.4 Å². The average Bonchev–Trinajstić information content (AvgIpc) is 3.31. The van der Waals surface area contributed by atoms with E-state index in [9.17, 15) is 0 Å². The molecule has 0 amide bonds. The maximum absolute atomic E-state index is 5.95. The molecule has 1 unspecified atom stereocenters. The van der Waals surface area contributed by atoms with Crippen LogP contribution in [0.2, 0.25) is 0 Å². The van der Waals surface area contributed by atoms with E-state index in [-0.39, 0.29) is 0 Å². The lowest BCUT2D eigenvalue weighted by Gasteiger charge is -2.32. The molecule has 2 heterocycles. The second-order valence-electron chi connectivity index (χ2n) is 5.76. The van der Waals surface area contributed by atoms with Crippen LogP contribution in [0.3, 0.4) is 0 Å². The maximum atomic E-state index is 5.95. The molecule has 0 radical (unpaired) electrons. The molecule has 1 saturated carbocycles. The Labute approximate surface area is 120 Å². The Kier molecular flexibility index (Phi) is 3.96. The summed E-state index contributed by atoms with van der Waals surface area (Å²) in [5.74, 6) is 2.22. The molecular weight excluding hydrogens is 254 g/mol. The fraction of sp³-hybridized carbons (Fsp3) is 0.667. The Hall–Kier alpha value is -1.49. The van der Waals surface area contributed by atoms with Crippen molar-refractivity contribution in [1.82, 2.24) is 4.98 Å². The molecule has 5 heteroatoms. The molecule has 2 fully saturated rings. The number of ether oxygens (including phenoxy) is 2. The van der Waals surface area contributed by atoms with Crippen molar-refractivity contribution in [3.8, 4) is 5.88 Å². The molecule has 20 heavy (non-hydrogen) atoms. The largest absolute Gasteiger partial charge is 0.476 e. The molecule has 1 aromatic rings. The third kappa shape index (κ3) is 3.15. The van der Waals surface area contributed by atoms with Crippen LogP contribution in [0.5, 0.6) is 5.88 Å². The van der Waals surface area contributed by atoms with Crippen molar-refractivity contribution in [3.63, 3.8) is 0 Å². The summed E-state index contributed by atoms with van der Waals surface area (Å²) in [5.41, 5.74) is 6.57. The van der Waals surface area contributed by atoms with Crippen LogP contribution in [0.15, 0.2) is 12.1 Å². The van der Waals surface area contributed by atoms with Gasteiger partial charge in [0.15, 0.2) is 0 Å². The van der Waals surface area contributed by atoms with Crippen LogP contribution in [0.1, 0.15) is 25.7 Å². The number of nitrogens with two attached hydrogens (primary N) is 1. The number of hydrogen-bond acceptors (Lipinski definition) is 5. The second kappa shape index (κ2) is 5.87. The standard InChI is InChI=1S/C15H23N3O2/c1-19-12-3-2-8-18(9-12)14-7-6-13(16)15(17-14)20-10-11-4-5-11/h6-7,11-12H,2-5,8-10,16H2,1H3. The smallest absolute Gasteiger partial charge is 0.239 e. The van der Waals surface area contributed by atoms with Crippen molar-refractivity contribution < 1.29 is 9.47 Å². The Balaban J connectivity index is 1.70. The molecule has 110 valence electrons. The SMILES string of the molecule is COC1CCCN(c2ccc(N)c(OCC3CC3)n2)C1. The Bertz CT molecular complexity index is 462. The predicted molar refractivity (Wildman–Crippen MR) is 79.1 cm³/mol. The molecule has 2 aliphatic rings. The van der Waals surface area contributed by atoms with Gasteiger partial charge in [-0.15, -0.1) is 0 Å². The summed E-state index contributed by atoms with van der Waals surface area (Å²) >= 11 is 0. The maximum Gasteiger partial charge on any atom is 0.239 e. The quantitative estimate of drug-likeness (QED) is 0.892. The van der Waals surface area contributed by atoms with E-state index in [0.29, 0.717) is 23.6 Å². The highest BCUT2D eigenvalue weighted by Crippen LogP contribution is 2.31. The minimum Gasteiger partial charge on any atom is -0.476 e. The van der Waals surface area contributed by atoms with Crippen LogP contribution in [-0.2, 0) is 4.74 Å². The summed E-state index contributed by atoms with van der Waals surface area (Å²) in [6.45, 7) is 2.63. The summed E-state index contributed by atoms with van der Waals surface area (Å²) in [7, 11) is 1.77. The van der Waals surface area contributed by atoms with Crippen molar-refractivity contribution in [2.24, 2.45) is 5.92 Å². The molecule has 1 saturated heterocycles. The van der Waals surface area contributed by atoms with E-state index in [2.05, 4.69) is 9.88 Å². The number of nitrogen functional groups attached to an aromatic ring is 1. The zero-order valence-electron chi connectivity index (χ0n) is 12.0. The topological polar surface area (TPSA) is 60.6 Å². The van der Waals surface area contributed by atoms with Crippen molar-refractivity contribution in [2.45, 2.75) is 31.8 Å². The fourth-order valence-electron chi connectivity index (χ4n) is 2.55. The zero-order chi connectivity index (χ0) is 13.9. The highest BCUT2D eigenvalue weighted by molar-refractivity contribution is 5.54. The molecule has 0 bridgehead atoms. The van der Waals surface area contributed by atoms with Crippen molar-refractivity contribution in [3.05, 3.63) is 12.1 Å². The molecule has 1 aromatic heterocycles. The molecule has 1 atom stereocenters. The summed E-state index contributed by atoms with van der Waals surface area (Å²) in [5, 5.41) is 0. The number of piperidine rings is 1. The summed E-state index contributed by atoms with van der Waals surface area (Å²) in [6, 6.07) is 3.86. The molecular formula is C15H23N3O2. The number of methoxy groups -OCH3 is 1. The number of hydrogen-bond donors (Lipinski definition) is 1. The van der Waals surface area contributed by atoms with E-state index >= 15 is 0 Å². The van der Waals surface area contributed by atoms with Gasteiger partial charge in [0, 0.05) is 20.2 Å². The summed E-state index contributed by atoms with van der Waals surface area (Å²) in [6.07, 6.45) is 5.07. The molecule has 5 nitrogen and oxygen atoms in total. The third-order valence-corrected chi connectivity index (χ3v) is 4.06. The van der Waals surface area contributed by atoms with E-state index in [1.807, 2.05) is 12.1 Å². The first-order valence-corrected chi connectivity index (χ1v) is 7.43. The van der Waals surface area contributed by atoms with Crippen molar-refractivity contribution in [1.29, 1.82) is 0 Å². The Morgan fingerprint density at radius 1 is 1.35 bits per heavy atom.